The molecule has 0 saturated carbocycles. The standard InChI is InChI=1S/C18H16N6O2/c19-17(25)23-21-9-15-11-5-1-2-6-12(11)16(10-22-24-18(20)26)14-8-4-3-7-13(14)15/h1-10H,(H3,19,23,25)(H3,20,24,26)/b21-9+,22-10+. The van der Waals surface area contributed by atoms with Gasteiger partial charge < -0.3 is 11.5 Å². The Kier molecular flexibility index (Phi) is 4.75. The molecule has 0 aromatic heterocycles. The average molecular weight is 348 g/mol. The summed E-state index contributed by atoms with van der Waals surface area (Å²) in [4.78, 5) is 21.8. The molecule has 0 aliphatic heterocycles. The molecule has 0 fully saturated rings. The molecule has 130 valence electrons. The van der Waals surface area contributed by atoms with Gasteiger partial charge in [0, 0.05) is 11.1 Å². The molecule has 0 saturated heterocycles. The zero-order chi connectivity index (χ0) is 18.5. The number of fused-ring (bicyclic) bond motifs is 2. The van der Waals surface area contributed by atoms with Crippen LogP contribution in [0, 0.1) is 0 Å². The van der Waals surface area contributed by atoms with E-state index in [1.54, 1.807) is 12.4 Å². The number of nitrogens with one attached hydrogen (secondary N) is 2. The van der Waals surface area contributed by atoms with Crippen LogP contribution in [-0.2, 0) is 0 Å². The summed E-state index contributed by atoms with van der Waals surface area (Å²) in [5.74, 6) is 0. The molecule has 0 heterocycles. The Morgan fingerprint density at radius 2 is 1.00 bits per heavy atom. The number of hydrogen-bond acceptors (Lipinski definition) is 4. The first-order valence-electron chi connectivity index (χ1n) is 7.68. The van der Waals surface area contributed by atoms with Crippen LogP contribution < -0.4 is 22.3 Å². The summed E-state index contributed by atoms with van der Waals surface area (Å²) < 4.78 is 0. The largest absolute Gasteiger partial charge is 0.350 e. The van der Waals surface area contributed by atoms with Gasteiger partial charge in [0.05, 0.1) is 12.4 Å². The van der Waals surface area contributed by atoms with Crippen LogP contribution in [0.4, 0.5) is 9.59 Å². The molecule has 8 nitrogen and oxygen atoms in total. The third kappa shape index (κ3) is 3.44. The van der Waals surface area contributed by atoms with Crippen LogP contribution in [0.5, 0.6) is 0 Å². The van der Waals surface area contributed by atoms with Gasteiger partial charge in [-0.1, -0.05) is 48.5 Å². The van der Waals surface area contributed by atoms with Gasteiger partial charge in [0.25, 0.3) is 0 Å². The number of benzene rings is 3. The van der Waals surface area contributed by atoms with E-state index in [1.807, 2.05) is 48.5 Å². The first kappa shape index (κ1) is 16.9. The zero-order valence-corrected chi connectivity index (χ0v) is 13.6. The van der Waals surface area contributed by atoms with Crippen LogP contribution in [0.25, 0.3) is 21.5 Å². The Labute approximate surface area is 148 Å². The van der Waals surface area contributed by atoms with E-state index in [0.717, 1.165) is 32.7 Å². The smallest absolute Gasteiger partial charge is 0.332 e. The highest BCUT2D eigenvalue weighted by Crippen LogP contribution is 2.31. The van der Waals surface area contributed by atoms with Crippen molar-refractivity contribution in [2.45, 2.75) is 0 Å². The molecule has 0 aliphatic rings. The van der Waals surface area contributed by atoms with E-state index >= 15 is 0 Å². The zero-order valence-electron chi connectivity index (χ0n) is 13.6. The van der Waals surface area contributed by atoms with E-state index in [9.17, 15) is 9.59 Å². The minimum atomic E-state index is -0.740. The molecule has 0 atom stereocenters. The van der Waals surface area contributed by atoms with E-state index in [1.165, 1.54) is 0 Å². The van der Waals surface area contributed by atoms with Gasteiger partial charge >= 0.3 is 12.1 Å². The third-order valence-corrected chi connectivity index (χ3v) is 3.75. The Morgan fingerprint density at radius 1 is 0.692 bits per heavy atom. The van der Waals surface area contributed by atoms with Crippen LogP contribution in [0.2, 0.25) is 0 Å². The van der Waals surface area contributed by atoms with Gasteiger partial charge in [-0.05, 0) is 21.5 Å². The second kappa shape index (κ2) is 7.31. The summed E-state index contributed by atoms with van der Waals surface area (Å²) >= 11 is 0. The minimum Gasteiger partial charge on any atom is -0.350 e. The Hall–Kier alpha value is -3.94. The lowest BCUT2D eigenvalue weighted by atomic mass is 9.92. The van der Waals surface area contributed by atoms with E-state index in [0.29, 0.717) is 0 Å². The number of urea groups is 2. The van der Waals surface area contributed by atoms with Crippen LogP contribution in [0.3, 0.4) is 0 Å². The summed E-state index contributed by atoms with van der Waals surface area (Å²) in [6.07, 6.45) is 3.11. The van der Waals surface area contributed by atoms with Crippen molar-refractivity contribution in [2.24, 2.45) is 21.7 Å². The maximum Gasteiger partial charge on any atom is 0.332 e. The molecular formula is C18H16N6O2. The maximum absolute atomic E-state index is 10.9. The quantitative estimate of drug-likeness (QED) is 0.326. The lowest BCUT2D eigenvalue weighted by Gasteiger charge is -2.12. The van der Waals surface area contributed by atoms with Crippen LogP contribution >= 0.6 is 0 Å². The summed E-state index contributed by atoms with van der Waals surface area (Å²) in [6, 6.07) is 13.9. The predicted molar refractivity (Wildman–Crippen MR) is 102 cm³/mol. The highest BCUT2D eigenvalue weighted by molar-refractivity contribution is 6.21. The van der Waals surface area contributed by atoms with Crippen LogP contribution in [0.1, 0.15) is 11.1 Å². The molecule has 6 N–H and O–H groups in total. The fourth-order valence-electron chi connectivity index (χ4n) is 2.79. The van der Waals surface area contributed by atoms with Gasteiger partial charge in [-0.25, -0.2) is 20.4 Å². The average Bonchev–Trinajstić information content (AvgIpc) is 2.62. The number of rotatable bonds is 4. The van der Waals surface area contributed by atoms with Crippen molar-refractivity contribution < 1.29 is 9.59 Å². The minimum absolute atomic E-state index is 0.740. The summed E-state index contributed by atoms with van der Waals surface area (Å²) in [7, 11) is 0. The van der Waals surface area contributed by atoms with Crippen molar-refractivity contribution in [1.82, 2.24) is 10.9 Å². The predicted octanol–water partition coefficient (Wildman–Crippen LogP) is 2.00. The van der Waals surface area contributed by atoms with E-state index < -0.39 is 12.1 Å². The van der Waals surface area contributed by atoms with Gasteiger partial charge in [0.15, 0.2) is 0 Å². The molecule has 26 heavy (non-hydrogen) atoms. The Balaban J connectivity index is 2.28. The van der Waals surface area contributed by atoms with Crippen molar-refractivity contribution >= 4 is 46.0 Å². The fraction of sp³-hybridized carbons (Fsp3) is 0. The van der Waals surface area contributed by atoms with E-state index in [-0.39, 0.29) is 0 Å². The number of hydrazone groups is 2. The molecule has 4 amide bonds. The first-order valence-corrected chi connectivity index (χ1v) is 7.68. The van der Waals surface area contributed by atoms with E-state index in [4.69, 9.17) is 11.5 Å². The Morgan fingerprint density at radius 3 is 1.27 bits per heavy atom. The number of carbonyl (C=O) groups excluding carboxylic acids is 2. The maximum atomic E-state index is 10.9. The molecular weight excluding hydrogens is 332 g/mol. The van der Waals surface area contributed by atoms with Gasteiger partial charge in [0.1, 0.15) is 0 Å². The fourth-order valence-corrected chi connectivity index (χ4v) is 2.79. The molecule has 8 heteroatoms. The van der Waals surface area contributed by atoms with Crippen molar-refractivity contribution in [3.8, 4) is 0 Å². The molecule has 0 bridgehead atoms. The molecule has 3 aromatic rings. The molecule has 3 aromatic carbocycles. The first-order chi connectivity index (χ1) is 12.6. The van der Waals surface area contributed by atoms with E-state index in [2.05, 4.69) is 21.1 Å². The van der Waals surface area contributed by atoms with Crippen molar-refractivity contribution in [2.75, 3.05) is 0 Å². The molecule has 0 radical (unpaired) electrons. The second-order valence-electron chi connectivity index (χ2n) is 5.39. The van der Waals surface area contributed by atoms with Gasteiger partial charge in [-0.2, -0.15) is 10.2 Å². The van der Waals surface area contributed by atoms with Crippen molar-refractivity contribution in [3.05, 3.63) is 59.7 Å². The summed E-state index contributed by atoms with van der Waals surface area (Å²) in [5, 5.41) is 11.4. The number of nitrogens with zero attached hydrogens (tertiary/aromatic N) is 2. The molecule has 0 aliphatic carbocycles. The van der Waals surface area contributed by atoms with Crippen molar-refractivity contribution in [3.63, 3.8) is 0 Å². The van der Waals surface area contributed by atoms with Crippen LogP contribution in [-0.4, -0.2) is 24.5 Å². The second-order valence-corrected chi connectivity index (χ2v) is 5.39. The van der Waals surface area contributed by atoms with Gasteiger partial charge in [-0.3, -0.25) is 0 Å². The molecule has 0 unspecified atom stereocenters. The number of nitrogens with two attached hydrogens (primary N) is 2. The lowest BCUT2D eigenvalue weighted by Crippen LogP contribution is -2.24. The summed E-state index contributed by atoms with van der Waals surface area (Å²) in [5.41, 5.74) is 16.2. The monoisotopic (exact) mass is 348 g/mol. The molecule has 0 spiro atoms. The normalized spacial score (nSPS) is 11.4. The van der Waals surface area contributed by atoms with Gasteiger partial charge in [0.2, 0.25) is 0 Å². The lowest BCUT2D eigenvalue weighted by molar-refractivity contribution is 0.248. The van der Waals surface area contributed by atoms with Gasteiger partial charge in [-0.15, -0.1) is 0 Å². The molecule has 3 rings (SSSR count). The SMILES string of the molecule is NC(=O)N/N=C/c1c2ccccc2c(/C=N/NC(N)=O)c2ccccc12. The number of primary amides is 2. The number of hydrogen-bond donors (Lipinski definition) is 4. The third-order valence-electron chi connectivity index (χ3n) is 3.75. The highest BCUT2D eigenvalue weighted by atomic mass is 16.2. The summed E-state index contributed by atoms with van der Waals surface area (Å²) in [6.45, 7) is 0. The Bertz CT molecular complexity index is 917. The highest BCUT2D eigenvalue weighted by Gasteiger charge is 2.11. The number of amides is 4. The van der Waals surface area contributed by atoms with Crippen LogP contribution in [0.15, 0.2) is 58.7 Å². The topological polar surface area (TPSA) is 135 Å². The number of carbonyl (C=O) groups is 2. The van der Waals surface area contributed by atoms with Crippen molar-refractivity contribution in [1.29, 1.82) is 0 Å².